The number of ether oxygens (including phenoxy) is 2. The minimum Gasteiger partial charge on any atom is -0.381 e. The fourth-order valence-corrected chi connectivity index (χ4v) is 6.06. The Morgan fingerprint density at radius 3 is 2.43 bits per heavy atom. The van der Waals surface area contributed by atoms with Crippen LogP contribution in [0, 0.1) is 26.6 Å². The van der Waals surface area contributed by atoms with Crippen molar-refractivity contribution < 1.29 is 18.7 Å². The summed E-state index contributed by atoms with van der Waals surface area (Å²) >= 11 is 0. The van der Waals surface area contributed by atoms with Gasteiger partial charge in [-0.25, -0.2) is 4.39 Å². The summed E-state index contributed by atoms with van der Waals surface area (Å²) in [6.45, 7) is 14.3. The smallest absolute Gasteiger partial charge is 0.251 e. The molecule has 2 fully saturated rings. The molecule has 2 aliphatic rings. The summed E-state index contributed by atoms with van der Waals surface area (Å²) in [6.07, 6.45) is 3.69. The second-order valence-electron chi connectivity index (χ2n) is 11.4. The lowest BCUT2D eigenvalue weighted by atomic mass is 9.94. The highest BCUT2D eigenvalue weighted by Gasteiger charge is 2.25. The van der Waals surface area contributed by atoms with Crippen LogP contribution in [0.5, 0.6) is 0 Å². The van der Waals surface area contributed by atoms with E-state index in [0.29, 0.717) is 43.5 Å². The Bertz CT molecular complexity index is 1400. The van der Waals surface area contributed by atoms with Gasteiger partial charge in [-0.3, -0.25) is 14.7 Å². The highest BCUT2D eigenvalue weighted by Crippen LogP contribution is 2.34. The first kappa shape index (κ1) is 30.1. The van der Waals surface area contributed by atoms with Crippen LogP contribution >= 0.6 is 0 Å². The molecule has 1 amide bonds. The van der Waals surface area contributed by atoms with Crippen molar-refractivity contribution in [2.75, 3.05) is 51.0 Å². The molecule has 1 N–H and O–H groups in total. The van der Waals surface area contributed by atoms with Crippen molar-refractivity contribution in [1.29, 1.82) is 0 Å². The summed E-state index contributed by atoms with van der Waals surface area (Å²) in [4.78, 5) is 22.7. The number of nitrogens with one attached hydrogen (secondary N) is 1. The van der Waals surface area contributed by atoms with Crippen LogP contribution < -0.4 is 10.2 Å². The molecule has 2 aromatic carbocycles. The molecule has 1 aromatic heterocycles. The molecule has 0 radical (unpaired) electrons. The summed E-state index contributed by atoms with van der Waals surface area (Å²) < 4.78 is 26.5. The van der Waals surface area contributed by atoms with E-state index in [9.17, 15) is 4.79 Å². The summed E-state index contributed by atoms with van der Waals surface area (Å²) in [7, 11) is 0. The first-order valence-corrected chi connectivity index (χ1v) is 15.1. The molecule has 7 nitrogen and oxygen atoms in total. The van der Waals surface area contributed by atoms with Gasteiger partial charge in [-0.2, -0.15) is 0 Å². The van der Waals surface area contributed by atoms with Gasteiger partial charge in [0, 0.05) is 80.7 Å². The van der Waals surface area contributed by atoms with Crippen LogP contribution in [0.15, 0.2) is 42.6 Å². The lowest BCUT2D eigenvalue weighted by Gasteiger charge is -2.37. The highest BCUT2D eigenvalue weighted by molar-refractivity contribution is 5.99. The molecule has 0 unspecified atom stereocenters. The fraction of sp³-hybridized carbons (Fsp3) is 0.471. The third kappa shape index (κ3) is 7.00. The number of aromatic nitrogens is 1. The number of aryl methyl sites for hydroxylation is 2. The first-order chi connectivity index (χ1) is 20.3. The summed E-state index contributed by atoms with van der Waals surface area (Å²) in [5.41, 5.74) is 7.83. The van der Waals surface area contributed by atoms with E-state index in [-0.39, 0.29) is 11.7 Å². The van der Waals surface area contributed by atoms with E-state index in [0.717, 1.165) is 84.9 Å². The molecule has 2 aliphatic heterocycles. The molecule has 8 heteroatoms. The number of pyridine rings is 1. The average Bonchev–Trinajstić information content (AvgIpc) is 3.00. The molecule has 2 saturated heterocycles. The number of benzene rings is 2. The van der Waals surface area contributed by atoms with Crippen LogP contribution in [0.1, 0.15) is 58.1 Å². The minimum absolute atomic E-state index is 0.150. The van der Waals surface area contributed by atoms with Crippen molar-refractivity contribution in [3.05, 3.63) is 81.9 Å². The van der Waals surface area contributed by atoms with Crippen molar-refractivity contribution in [1.82, 2.24) is 15.2 Å². The van der Waals surface area contributed by atoms with Gasteiger partial charge >= 0.3 is 0 Å². The van der Waals surface area contributed by atoms with Crippen LogP contribution in [0.25, 0.3) is 11.1 Å². The van der Waals surface area contributed by atoms with Gasteiger partial charge in [-0.1, -0.05) is 12.1 Å². The van der Waals surface area contributed by atoms with E-state index in [1.54, 1.807) is 6.07 Å². The zero-order valence-corrected chi connectivity index (χ0v) is 25.3. The quantitative estimate of drug-likeness (QED) is 0.360. The van der Waals surface area contributed by atoms with Gasteiger partial charge in [-0.15, -0.1) is 0 Å². The van der Waals surface area contributed by atoms with E-state index in [4.69, 9.17) is 9.47 Å². The van der Waals surface area contributed by atoms with Gasteiger partial charge < -0.3 is 19.7 Å². The number of rotatable bonds is 9. The predicted octanol–water partition coefficient (Wildman–Crippen LogP) is 5.58. The Morgan fingerprint density at radius 2 is 1.74 bits per heavy atom. The molecule has 0 saturated carbocycles. The van der Waals surface area contributed by atoms with Crippen molar-refractivity contribution in [3.63, 3.8) is 0 Å². The molecular weight excluding hydrogens is 531 g/mol. The van der Waals surface area contributed by atoms with E-state index >= 15 is 4.39 Å². The third-order valence-electron chi connectivity index (χ3n) is 8.59. The van der Waals surface area contributed by atoms with Crippen LogP contribution in [0.3, 0.4) is 0 Å². The molecule has 0 atom stereocenters. The van der Waals surface area contributed by atoms with Crippen molar-refractivity contribution in [2.24, 2.45) is 0 Å². The normalized spacial score (nSPS) is 16.4. The Labute approximate surface area is 249 Å². The average molecular weight is 575 g/mol. The number of amides is 1. The summed E-state index contributed by atoms with van der Waals surface area (Å²) in [5, 5.41) is 3.12. The van der Waals surface area contributed by atoms with Crippen LogP contribution in [-0.4, -0.2) is 67.9 Å². The minimum atomic E-state index is -0.230. The number of halogens is 1. The standard InChI is InChI=1S/C34H43FN4O3/c1-5-39(30-8-12-41-13-9-30)33-19-28(26-6-7-27(32(35)18-26)22-38-10-14-42-15-11-38)17-31(25(33)4)34(40)37-21-29-20-36-24(3)16-23(29)2/h6-7,16-20,30H,5,8-15,21-22H2,1-4H3,(H,37,40). The monoisotopic (exact) mass is 574 g/mol. The van der Waals surface area contributed by atoms with Gasteiger partial charge in [0.15, 0.2) is 0 Å². The van der Waals surface area contributed by atoms with E-state index < -0.39 is 0 Å². The van der Waals surface area contributed by atoms with Gasteiger partial charge in [0.2, 0.25) is 0 Å². The maximum atomic E-state index is 15.5. The molecule has 0 bridgehead atoms. The second-order valence-corrected chi connectivity index (χ2v) is 11.4. The molecule has 5 rings (SSSR count). The fourth-order valence-electron chi connectivity index (χ4n) is 6.06. The topological polar surface area (TPSA) is 66.9 Å². The zero-order chi connectivity index (χ0) is 29.6. The van der Waals surface area contributed by atoms with Gasteiger partial charge in [0.25, 0.3) is 5.91 Å². The number of carbonyl (C=O) groups excluding carboxylic acids is 1. The third-order valence-corrected chi connectivity index (χ3v) is 8.59. The molecule has 0 spiro atoms. The first-order valence-electron chi connectivity index (χ1n) is 15.1. The molecule has 42 heavy (non-hydrogen) atoms. The zero-order valence-electron chi connectivity index (χ0n) is 25.3. The number of hydrogen-bond acceptors (Lipinski definition) is 6. The maximum Gasteiger partial charge on any atom is 0.251 e. The molecule has 0 aliphatic carbocycles. The van der Waals surface area contributed by atoms with E-state index in [1.807, 2.05) is 51.2 Å². The molecule has 224 valence electrons. The Morgan fingerprint density at radius 1 is 1.00 bits per heavy atom. The van der Waals surface area contributed by atoms with Crippen LogP contribution in [0.4, 0.5) is 10.1 Å². The van der Waals surface area contributed by atoms with Crippen LogP contribution in [-0.2, 0) is 22.6 Å². The van der Waals surface area contributed by atoms with E-state index in [1.165, 1.54) is 0 Å². The largest absolute Gasteiger partial charge is 0.381 e. The van der Waals surface area contributed by atoms with Crippen LogP contribution in [0.2, 0.25) is 0 Å². The Balaban J connectivity index is 1.48. The van der Waals surface area contributed by atoms with Crippen molar-refractivity contribution in [2.45, 2.75) is 59.7 Å². The highest BCUT2D eigenvalue weighted by atomic mass is 19.1. The predicted molar refractivity (Wildman–Crippen MR) is 164 cm³/mol. The van der Waals surface area contributed by atoms with Gasteiger partial charge in [0.1, 0.15) is 5.82 Å². The number of hydrogen-bond donors (Lipinski definition) is 1. The van der Waals surface area contributed by atoms with Gasteiger partial charge in [-0.05, 0) is 92.6 Å². The molecule has 3 aromatic rings. The lowest BCUT2D eigenvalue weighted by molar-refractivity contribution is 0.0337. The number of morpholine rings is 1. The molecular formula is C34H43FN4O3. The number of carbonyl (C=O) groups is 1. The second kappa shape index (κ2) is 13.8. The Kier molecular flexibility index (Phi) is 9.88. The Hall–Kier alpha value is -3.33. The number of anilines is 1. The lowest BCUT2D eigenvalue weighted by Crippen LogP contribution is -2.40. The maximum absolute atomic E-state index is 15.5. The molecule has 3 heterocycles. The van der Waals surface area contributed by atoms with Crippen molar-refractivity contribution in [3.8, 4) is 11.1 Å². The van der Waals surface area contributed by atoms with E-state index in [2.05, 4.69) is 33.1 Å². The number of nitrogens with zero attached hydrogens (tertiary/aromatic N) is 3. The SMILES string of the molecule is CCN(c1cc(-c2ccc(CN3CCOCC3)c(F)c2)cc(C(=O)NCc2cnc(C)cc2C)c1C)C1CCOCC1. The van der Waals surface area contributed by atoms with Gasteiger partial charge in [0.05, 0.1) is 13.2 Å². The summed E-state index contributed by atoms with van der Waals surface area (Å²) in [6, 6.07) is 11.8. The van der Waals surface area contributed by atoms with Crippen molar-refractivity contribution >= 4 is 11.6 Å². The summed E-state index contributed by atoms with van der Waals surface area (Å²) in [5.74, 6) is -0.380.